The van der Waals surface area contributed by atoms with E-state index in [0.717, 1.165) is 19.3 Å². The monoisotopic (exact) mass is 271 g/mol. The Morgan fingerprint density at radius 2 is 2.25 bits per heavy atom. The van der Waals surface area contributed by atoms with Crippen LogP contribution >= 0.6 is 0 Å². The lowest BCUT2D eigenvalue weighted by Crippen LogP contribution is -2.43. The van der Waals surface area contributed by atoms with Gasteiger partial charge < -0.3 is 10.2 Å². The molecule has 0 bridgehead atoms. The summed E-state index contributed by atoms with van der Waals surface area (Å²) in [6.45, 7) is 3.10. The number of likely N-dealkylation sites (tertiary alicyclic amines) is 1. The maximum atomic E-state index is 12.1. The van der Waals surface area contributed by atoms with Crippen molar-refractivity contribution in [2.45, 2.75) is 38.3 Å². The highest BCUT2D eigenvalue weighted by atomic mass is 16.2. The van der Waals surface area contributed by atoms with Gasteiger partial charge in [0.15, 0.2) is 0 Å². The van der Waals surface area contributed by atoms with Gasteiger partial charge in [-0.05, 0) is 31.7 Å². The fraction of sp³-hybridized carbons (Fsp3) is 0.500. The molecular formula is C16H21N3O. The molecule has 0 aromatic heterocycles. The minimum Gasteiger partial charge on any atom is -0.326 e. The van der Waals surface area contributed by atoms with Crippen LogP contribution in [0.1, 0.15) is 25.3 Å². The van der Waals surface area contributed by atoms with Crippen LogP contribution in [0.5, 0.6) is 0 Å². The summed E-state index contributed by atoms with van der Waals surface area (Å²) in [5.74, 6) is 0.0361. The van der Waals surface area contributed by atoms with Crippen LogP contribution in [0.15, 0.2) is 30.3 Å². The molecule has 1 aliphatic rings. The highest BCUT2D eigenvalue weighted by Gasteiger charge is 2.28. The Kier molecular flexibility index (Phi) is 5.14. The highest BCUT2D eigenvalue weighted by Crippen LogP contribution is 2.16. The standard InChI is InChI=1S/C16H21N3O/c1-13(10-14-6-3-2-4-7-14)18-12-16(20)19-9-5-8-15(19)11-17/h2-4,6-7,13,15,18H,5,8-10,12H2,1H3/t13-,15+/m1/s1. The first kappa shape index (κ1) is 14.5. The topological polar surface area (TPSA) is 56.1 Å². The predicted octanol–water partition coefficient (Wildman–Crippen LogP) is 1.72. The lowest BCUT2D eigenvalue weighted by molar-refractivity contribution is -0.130. The molecule has 1 N–H and O–H groups in total. The Balaban J connectivity index is 1.77. The summed E-state index contributed by atoms with van der Waals surface area (Å²) in [6, 6.07) is 12.4. The fourth-order valence-electron chi connectivity index (χ4n) is 2.60. The number of rotatable bonds is 5. The van der Waals surface area contributed by atoms with Crippen molar-refractivity contribution >= 4 is 5.91 Å². The molecule has 0 unspecified atom stereocenters. The Labute approximate surface area is 120 Å². The minimum atomic E-state index is -0.228. The number of benzene rings is 1. The van der Waals surface area contributed by atoms with Gasteiger partial charge in [-0.25, -0.2) is 0 Å². The van der Waals surface area contributed by atoms with Gasteiger partial charge in [-0.15, -0.1) is 0 Å². The number of nitrogens with one attached hydrogen (secondary N) is 1. The summed E-state index contributed by atoms with van der Waals surface area (Å²) < 4.78 is 0. The molecular weight excluding hydrogens is 250 g/mol. The second kappa shape index (κ2) is 7.06. The van der Waals surface area contributed by atoms with Crippen LogP contribution in [-0.2, 0) is 11.2 Å². The molecule has 4 nitrogen and oxygen atoms in total. The van der Waals surface area contributed by atoms with E-state index in [1.54, 1.807) is 4.90 Å². The average molecular weight is 271 g/mol. The molecule has 1 saturated heterocycles. The van der Waals surface area contributed by atoms with E-state index in [-0.39, 0.29) is 18.0 Å². The third-order valence-corrected chi connectivity index (χ3v) is 3.71. The summed E-state index contributed by atoms with van der Waals surface area (Å²) in [6.07, 6.45) is 2.64. The number of carbonyl (C=O) groups excluding carboxylic acids is 1. The summed E-state index contributed by atoms with van der Waals surface area (Å²) in [5.41, 5.74) is 1.26. The first-order chi connectivity index (χ1) is 9.70. The minimum absolute atomic E-state index is 0.0361. The van der Waals surface area contributed by atoms with Crippen molar-refractivity contribution in [3.8, 4) is 6.07 Å². The zero-order chi connectivity index (χ0) is 14.4. The van der Waals surface area contributed by atoms with Gasteiger partial charge in [0.1, 0.15) is 6.04 Å². The number of amides is 1. The zero-order valence-corrected chi connectivity index (χ0v) is 11.9. The fourth-order valence-corrected chi connectivity index (χ4v) is 2.60. The van der Waals surface area contributed by atoms with Crippen molar-refractivity contribution in [2.75, 3.05) is 13.1 Å². The lowest BCUT2D eigenvalue weighted by Gasteiger charge is -2.21. The molecule has 2 atom stereocenters. The molecule has 0 aliphatic carbocycles. The zero-order valence-electron chi connectivity index (χ0n) is 11.9. The van der Waals surface area contributed by atoms with Crippen molar-refractivity contribution in [1.82, 2.24) is 10.2 Å². The smallest absolute Gasteiger partial charge is 0.237 e. The van der Waals surface area contributed by atoms with Gasteiger partial charge in [0.25, 0.3) is 0 Å². The van der Waals surface area contributed by atoms with Crippen LogP contribution in [0.25, 0.3) is 0 Å². The van der Waals surface area contributed by atoms with Crippen LogP contribution in [0.2, 0.25) is 0 Å². The summed E-state index contributed by atoms with van der Waals surface area (Å²) in [7, 11) is 0. The normalized spacial score (nSPS) is 19.6. The quantitative estimate of drug-likeness (QED) is 0.887. The Morgan fingerprint density at radius 3 is 2.95 bits per heavy atom. The van der Waals surface area contributed by atoms with Gasteiger partial charge in [-0.3, -0.25) is 4.79 Å². The van der Waals surface area contributed by atoms with E-state index >= 15 is 0 Å². The maximum absolute atomic E-state index is 12.1. The molecule has 0 radical (unpaired) electrons. The molecule has 106 valence electrons. The van der Waals surface area contributed by atoms with Gasteiger partial charge in [0.05, 0.1) is 12.6 Å². The number of hydrogen-bond acceptors (Lipinski definition) is 3. The van der Waals surface area contributed by atoms with E-state index in [1.807, 2.05) is 18.2 Å². The third kappa shape index (κ3) is 3.82. The van der Waals surface area contributed by atoms with Gasteiger partial charge in [0.2, 0.25) is 5.91 Å². The van der Waals surface area contributed by atoms with Gasteiger partial charge in [-0.2, -0.15) is 5.26 Å². The molecule has 0 spiro atoms. The van der Waals surface area contributed by atoms with Gasteiger partial charge in [0, 0.05) is 12.6 Å². The average Bonchev–Trinajstić information content (AvgIpc) is 2.94. The summed E-state index contributed by atoms with van der Waals surface area (Å²) in [5, 5.41) is 12.2. The van der Waals surface area contributed by atoms with Crippen molar-refractivity contribution in [2.24, 2.45) is 0 Å². The van der Waals surface area contributed by atoms with E-state index in [1.165, 1.54) is 5.56 Å². The van der Waals surface area contributed by atoms with Crippen LogP contribution in [-0.4, -0.2) is 36.0 Å². The molecule has 2 rings (SSSR count). The summed E-state index contributed by atoms with van der Waals surface area (Å²) >= 11 is 0. The number of nitrogens with zero attached hydrogens (tertiary/aromatic N) is 2. The van der Waals surface area contributed by atoms with Crippen molar-refractivity contribution in [3.05, 3.63) is 35.9 Å². The molecule has 1 aromatic carbocycles. The molecule has 1 heterocycles. The number of hydrogen-bond donors (Lipinski definition) is 1. The highest BCUT2D eigenvalue weighted by molar-refractivity contribution is 5.79. The van der Waals surface area contributed by atoms with Crippen LogP contribution in [0.4, 0.5) is 0 Å². The van der Waals surface area contributed by atoms with Gasteiger partial charge in [-0.1, -0.05) is 30.3 Å². The van der Waals surface area contributed by atoms with Gasteiger partial charge >= 0.3 is 0 Å². The lowest BCUT2D eigenvalue weighted by atomic mass is 10.1. The molecule has 1 fully saturated rings. The molecule has 1 amide bonds. The Bertz CT molecular complexity index is 480. The maximum Gasteiger partial charge on any atom is 0.237 e. The third-order valence-electron chi connectivity index (χ3n) is 3.71. The SMILES string of the molecule is C[C@H](Cc1ccccc1)NCC(=O)N1CCC[C@H]1C#N. The van der Waals surface area contributed by atoms with Crippen LogP contribution in [0, 0.1) is 11.3 Å². The molecule has 0 saturated carbocycles. The first-order valence-corrected chi connectivity index (χ1v) is 7.17. The Morgan fingerprint density at radius 1 is 1.50 bits per heavy atom. The van der Waals surface area contributed by atoms with E-state index in [0.29, 0.717) is 13.1 Å². The Hall–Kier alpha value is -1.86. The van der Waals surface area contributed by atoms with E-state index in [4.69, 9.17) is 5.26 Å². The van der Waals surface area contributed by atoms with E-state index in [2.05, 4.69) is 30.4 Å². The van der Waals surface area contributed by atoms with Crippen molar-refractivity contribution in [1.29, 1.82) is 5.26 Å². The number of carbonyl (C=O) groups is 1. The van der Waals surface area contributed by atoms with Crippen molar-refractivity contribution in [3.63, 3.8) is 0 Å². The van der Waals surface area contributed by atoms with Crippen LogP contribution in [0.3, 0.4) is 0 Å². The largest absolute Gasteiger partial charge is 0.326 e. The molecule has 1 aromatic rings. The van der Waals surface area contributed by atoms with E-state index in [9.17, 15) is 4.79 Å². The molecule has 20 heavy (non-hydrogen) atoms. The van der Waals surface area contributed by atoms with Crippen LogP contribution < -0.4 is 5.32 Å². The second-order valence-electron chi connectivity index (χ2n) is 5.35. The van der Waals surface area contributed by atoms with E-state index < -0.39 is 0 Å². The second-order valence-corrected chi connectivity index (χ2v) is 5.35. The molecule has 4 heteroatoms. The van der Waals surface area contributed by atoms with Crippen molar-refractivity contribution < 1.29 is 4.79 Å². The molecule has 1 aliphatic heterocycles. The summed E-state index contributed by atoms with van der Waals surface area (Å²) in [4.78, 5) is 13.8. The first-order valence-electron chi connectivity index (χ1n) is 7.17. The predicted molar refractivity (Wildman–Crippen MR) is 78.0 cm³/mol. The number of nitriles is 1.